The molecular formula is C18H18ClN3O5. The summed E-state index contributed by atoms with van der Waals surface area (Å²) in [7, 11) is 4.12. The molecule has 2 aromatic rings. The molecule has 1 N–H and O–H groups in total. The number of likely N-dealkylation sites (N-methyl/N-ethyl adjacent to an activating group) is 1. The number of pyridine rings is 1. The van der Waals surface area contributed by atoms with Gasteiger partial charge in [0.05, 0.1) is 12.7 Å². The number of benzene rings is 1. The molecule has 0 spiro atoms. The average Bonchev–Trinajstić information content (AvgIpc) is 2.70. The highest BCUT2D eigenvalue weighted by molar-refractivity contribution is 6.45. The van der Waals surface area contributed by atoms with Crippen molar-refractivity contribution < 1.29 is 23.9 Å². The first-order valence-corrected chi connectivity index (χ1v) is 8.17. The van der Waals surface area contributed by atoms with E-state index in [1.807, 2.05) is 0 Å². The number of carbonyl (C=O) groups excluding carboxylic acids is 2. The van der Waals surface area contributed by atoms with Crippen LogP contribution in [0.3, 0.4) is 0 Å². The number of esters is 1. The van der Waals surface area contributed by atoms with E-state index >= 15 is 0 Å². The number of halogens is 1. The average molecular weight is 392 g/mol. The third kappa shape index (κ3) is 4.95. The van der Waals surface area contributed by atoms with E-state index in [4.69, 9.17) is 21.2 Å². The van der Waals surface area contributed by atoms with Crippen LogP contribution in [-0.2, 0) is 21.0 Å². The minimum atomic E-state index is -0.549. The van der Waals surface area contributed by atoms with Crippen LogP contribution in [-0.4, -0.2) is 43.8 Å². The lowest BCUT2D eigenvalue weighted by molar-refractivity contribution is -0.114. The van der Waals surface area contributed by atoms with E-state index in [-0.39, 0.29) is 28.8 Å². The molecule has 1 aromatic heterocycles. The van der Waals surface area contributed by atoms with Crippen LogP contribution in [0.15, 0.2) is 41.7 Å². The van der Waals surface area contributed by atoms with Crippen LogP contribution in [0.25, 0.3) is 0 Å². The summed E-state index contributed by atoms with van der Waals surface area (Å²) < 4.78 is 10.3. The maximum absolute atomic E-state index is 12.1. The molecule has 2 rings (SSSR count). The standard InChI is InChI=1S/C18H18ClN3O5/c1-20-16(23)15(22-26-3)13-7-5-4-6-11(13)10-27-17-14(19)8-12(9-21-17)18(24)25-2/h4-9H,10H2,1-3H3,(H,20,23)/b22-15-. The topological polar surface area (TPSA) is 99.1 Å². The summed E-state index contributed by atoms with van der Waals surface area (Å²) in [6.45, 7) is 0.0696. The van der Waals surface area contributed by atoms with Crippen molar-refractivity contribution in [2.45, 2.75) is 6.61 Å². The number of oxime groups is 1. The SMILES string of the molecule is CNC(=O)/C(=N\OC)c1ccccc1COc1ncc(C(=O)OC)cc1Cl. The number of rotatable bonds is 7. The second kappa shape index (κ2) is 9.54. The van der Waals surface area contributed by atoms with Gasteiger partial charge in [-0.1, -0.05) is 41.0 Å². The van der Waals surface area contributed by atoms with Crippen LogP contribution >= 0.6 is 11.6 Å². The fraction of sp³-hybridized carbons (Fsp3) is 0.222. The summed E-state index contributed by atoms with van der Waals surface area (Å²) in [6, 6.07) is 8.47. The Hall–Kier alpha value is -3.13. The molecule has 9 heteroatoms. The first kappa shape index (κ1) is 20.2. The largest absolute Gasteiger partial charge is 0.472 e. The van der Waals surface area contributed by atoms with Gasteiger partial charge in [-0.2, -0.15) is 0 Å². The molecule has 0 aliphatic heterocycles. The van der Waals surface area contributed by atoms with Gasteiger partial charge in [0.25, 0.3) is 5.91 Å². The molecule has 1 aromatic carbocycles. The summed E-state index contributed by atoms with van der Waals surface area (Å²) in [5.41, 5.74) is 1.54. The summed E-state index contributed by atoms with van der Waals surface area (Å²) in [6.07, 6.45) is 1.31. The van der Waals surface area contributed by atoms with Gasteiger partial charge >= 0.3 is 5.97 Å². The van der Waals surface area contributed by atoms with E-state index < -0.39 is 11.9 Å². The number of amides is 1. The van der Waals surface area contributed by atoms with Gasteiger partial charge in [0, 0.05) is 18.8 Å². The monoisotopic (exact) mass is 391 g/mol. The minimum Gasteiger partial charge on any atom is -0.472 e. The van der Waals surface area contributed by atoms with Crippen LogP contribution in [0, 0.1) is 0 Å². The molecule has 1 heterocycles. The Bertz CT molecular complexity index is 870. The molecule has 0 radical (unpaired) electrons. The second-order valence-corrected chi connectivity index (χ2v) is 5.56. The number of hydrogen-bond acceptors (Lipinski definition) is 7. The molecule has 0 saturated heterocycles. The van der Waals surface area contributed by atoms with Crippen molar-refractivity contribution in [3.8, 4) is 5.88 Å². The van der Waals surface area contributed by atoms with Crippen LogP contribution in [0.5, 0.6) is 5.88 Å². The quantitative estimate of drug-likeness (QED) is 0.441. The Balaban J connectivity index is 2.26. The molecule has 0 aliphatic carbocycles. The van der Waals surface area contributed by atoms with Gasteiger partial charge in [-0.3, -0.25) is 4.79 Å². The zero-order valence-corrected chi connectivity index (χ0v) is 15.7. The Morgan fingerprint density at radius 3 is 2.63 bits per heavy atom. The van der Waals surface area contributed by atoms with Gasteiger partial charge in [-0.05, 0) is 11.6 Å². The zero-order valence-electron chi connectivity index (χ0n) is 15.0. The Kier molecular flexibility index (Phi) is 7.13. The summed E-state index contributed by atoms with van der Waals surface area (Å²) >= 11 is 6.12. The van der Waals surface area contributed by atoms with Gasteiger partial charge in [0.15, 0.2) is 5.71 Å². The van der Waals surface area contributed by atoms with E-state index in [0.717, 1.165) is 0 Å². The highest BCUT2D eigenvalue weighted by Crippen LogP contribution is 2.24. The minimum absolute atomic E-state index is 0.0696. The lowest BCUT2D eigenvalue weighted by Crippen LogP contribution is -2.29. The predicted octanol–water partition coefficient (Wildman–Crippen LogP) is 2.20. The van der Waals surface area contributed by atoms with E-state index in [1.54, 1.807) is 24.3 Å². The highest BCUT2D eigenvalue weighted by atomic mass is 35.5. The Morgan fingerprint density at radius 2 is 2.00 bits per heavy atom. The van der Waals surface area contributed by atoms with Crippen LogP contribution in [0.1, 0.15) is 21.5 Å². The number of aromatic nitrogens is 1. The highest BCUT2D eigenvalue weighted by Gasteiger charge is 2.18. The van der Waals surface area contributed by atoms with Crippen LogP contribution in [0.2, 0.25) is 5.02 Å². The van der Waals surface area contributed by atoms with Crippen LogP contribution in [0.4, 0.5) is 0 Å². The number of ether oxygens (including phenoxy) is 2. The predicted molar refractivity (Wildman–Crippen MR) is 99.0 cm³/mol. The maximum atomic E-state index is 12.1. The Morgan fingerprint density at radius 1 is 1.26 bits per heavy atom. The van der Waals surface area contributed by atoms with Gasteiger partial charge in [-0.25, -0.2) is 9.78 Å². The maximum Gasteiger partial charge on any atom is 0.339 e. The lowest BCUT2D eigenvalue weighted by Gasteiger charge is -2.12. The molecule has 0 fully saturated rings. The fourth-order valence-electron chi connectivity index (χ4n) is 2.21. The third-order valence-electron chi connectivity index (χ3n) is 3.49. The Labute approximate surface area is 161 Å². The number of carbonyl (C=O) groups is 2. The second-order valence-electron chi connectivity index (χ2n) is 5.15. The van der Waals surface area contributed by atoms with Crippen molar-refractivity contribution in [3.63, 3.8) is 0 Å². The van der Waals surface area contributed by atoms with E-state index in [0.29, 0.717) is 11.1 Å². The molecule has 8 nitrogen and oxygen atoms in total. The summed E-state index contributed by atoms with van der Waals surface area (Å²) in [4.78, 5) is 32.4. The molecule has 0 aliphatic rings. The molecule has 0 bridgehead atoms. The molecule has 0 unspecified atom stereocenters. The molecular weight excluding hydrogens is 374 g/mol. The molecule has 142 valence electrons. The van der Waals surface area contributed by atoms with E-state index in [1.165, 1.54) is 33.5 Å². The normalized spacial score (nSPS) is 10.9. The van der Waals surface area contributed by atoms with Gasteiger partial charge in [-0.15, -0.1) is 0 Å². The number of nitrogens with zero attached hydrogens (tertiary/aromatic N) is 2. The summed E-state index contributed by atoms with van der Waals surface area (Å²) in [5, 5.41) is 6.47. The lowest BCUT2D eigenvalue weighted by atomic mass is 10.0. The van der Waals surface area contributed by atoms with Crippen molar-refractivity contribution >= 4 is 29.2 Å². The molecule has 0 atom stereocenters. The number of hydrogen-bond donors (Lipinski definition) is 1. The third-order valence-corrected chi connectivity index (χ3v) is 3.76. The first-order valence-electron chi connectivity index (χ1n) is 7.80. The molecule has 27 heavy (non-hydrogen) atoms. The van der Waals surface area contributed by atoms with Gasteiger partial charge < -0.3 is 19.6 Å². The van der Waals surface area contributed by atoms with Crippen molar-refractivity contribution in [3.05, 3.63) is 58.2 Å². The first-order chi connectivity index (χ1) is 13.0. The van der Waals surface area contributed by atoms with Gasteiger partial charge in [0.2, 0.25) is 5.88 Å². The zero-order chi connectivity index (χ0) is 19.8. The number of nitrogens with one attached hydrogen (secondary N) is 1. The van der Waals surface area contributed by atoms with Crippen molar-refractivity contribution in [2.24, 2.45) is 5.16 Å². The smallest absolute Gasteiger partial charge is 0.339 e. The van der Waals surface area contributed by atoms with Crippen molar-refractivity contribution in [1.82, 2.24) is 10.3 Å². The van der Waals surface area contributed by atoms with Crippen LogP contribution < -0.4 is 10.1 Å². The van der Waals surface area contributed by atoms with Crippen molar-refractivity contribution in [2.75, 3.05) is 21.3 Å². The fourth-order valence-corrected chi connectivity index (χ4v) is 2.43. The van der Waals surface area contributed by atoms with Crippen molar-refractivity contribution in [1.29, 1.82) is 0 Å². The molecule has 1 amide bonds. The number of methoxy groups -OCH3 is 1. The molecule has 0 saturated carbocycles. The van der Waals surface area contributed by atoms with Gasteiger partial charge in [0.1, 0.15) is 18.7 Å². The van der Waals surface area contributed by atoms with E-state index in [9.17, 15) is 9.59 Å². The summed E-state index contributed by atoms with van der Waals surface area (Å²) in [5.74, 6) is -0.806. The van der Waals surface area contributed by atoms with E-state index in [2.05, 4.69) is 20.2 Å².